The van der Waals surface area contributed by atoms with Gasteiger partial charge in [-0.2, -0.15) is 10.2 Å². The van der Waals surface area contributed by atoms with Gasteiger partial charge in [-0.15, -0.1) is 0 Å². The molecule has 0 radical (unpaired) electrons. The van der Waals surface area contributed by atoms with Crippen molar-refractivity contribution in [2.24, 2.45) is 5.10 Å². The maximum atomic E-state index is 4.92. The summed E-state index contributed by atoms with van der Waals surface area (Å²) in [5.74, 6) is 0.706. The first kappa shape index (κ1) is 19.5. The largest absolute Gasteiger partial charge is 0.261 e. The molecule has 0 amide bonds. The summed E-state index contributed by atoms with van der Waals surface area (Å²) in [4.78, 5) is 4.19. The average molecular weight is 416 g/mol. The van der Waals surface area contributed by atoms with Crippen molar-refractivity contribution in [2.75, 3.05) is 5.43 Å². The van der Waals surface area contributed by atoms with Crippen LogP contribution >= 0.6 is 0 Å². The molecule has 0 saturated heterocycles. The molecule has 5 nitrogen and oxygen atoms in total. The van der Waals surface area contributed by atoms with E-state index in [0.29, 0.717) is 5.82 Å². The van der Waals surface area contributed by atoms with Gasteiger partial charge in [-0.25, -0.2) is 9.67 Å². The summed E-state index contributed by atoms with van der Waals surface area (Å²) in [7, 11) is 0. The fourth-order valence-corrected chi connectivity index (χ4v) is 3.45. The van der Waals surface area contributed by atoms with Crippen molar-refractivity contribution in [3.63, 3.8) is 0 Å². The van der Waals surface area contributed by atoms with Crippen LogP contribution < -0.4 is 5.43 Å². The maximum Gasteiger partial charge on any atom is 0.146 e. The number of aromatic nitrogens is 3. The molecule has 1 N–H and O–H groups in total. The molecule has 0 saturated carbocycles. The summed E-state index contributed by atoms with van der Waals surface area (Å²) >= 11 is 0. The molecule has 154 valence electrons. The molecule has 0 aliphatic heterocycles. The second-order valence-electron chi connectivity index (χ2n) is 7.24. The first-order chi connectivity index (χ1) is 15.9. The van der Waals surface area contributed by atoms with Gasteiger partial charge < -0.3 is 0 Å². The zero-order chi connectivity index (χ0) is 21.6. The van der Waals surface area contributed by atoms with E-state index < -0.39 is 0 Å². The van der Waals surface area contributed by atoms with Crippen molar-refractivity contribution >= 4 is 12.0 Å². The van der Waals surface area contributed by atoms with Gasteiger partial charge in [0.05, 0.1) is 23.3 Å². The molecule has 2 aromatic heterocycles. The van der Waals surface area contributed by atoms with Gasteiger partial charge in [0.15, 0.2) is 0 Å². The zero-order valence-corrected chi connectivity index (χ0v) is 17.3. The number of hydrazone groups is 1. The second kappa shape index (κ2) is 9.10. The molecule has 32 heavy (non-hydrogen) atoms. The van der Waals surface area contributed by atoms with Crippen molar-refractivity contribution in [2.45, 2.75) is 0 Å². The van der Waals surface area contributed by atoms with Gasteiger partial charge >= 0.3 is 0 Å². The van der Waals surface area contributed by atoms with Crippen LogP contribution in [-0.2, 0) is 0 Å². The minimum absolute atomic E-state index is 0.706. The Kier molecular flexibility index (Phi) is 5.53. The van der Waals surface area contributed by atoms with E-state index in [9.17, 15) is 0 Å². The van der Waals surface area contributed by atoms with Gasteiger partial charge in [0, 0.05) is 17.3 Å². The predicted molar refractivity (Wildman–Crippen MR) is 130 cm³/mol. The summed E-state index contributed by atoms with van der Waals surface area (Å²) in [5, 5.41) is 9.18. The fraction of sp³-hybridized carbons (Fsp3) is 0. The Labute approximate surface area is 186 Å². The normalized spacial score (nSPS) is 11.0. The number of anilines is 1. The fourth-order valence-electron chi connectivity index (χ4n) is 3.45. The summed E-state index contributed by atoms with van der Waals surface area (Å²) in [6.07, 6.45) is 3.50. The van der Waals surface area contributed by atoms with Crippen molar-refractivity contribution in [1.29, 1.82) is 0 Å². The third kappa shape index (κ3) is 4.32. The van der Waals surface area contributed by atoms with E-state index in [0.717, 1.165) is 33.8 Å². The summed E-state index contributed by atoms with van der Waals surface area (Å²) in [6, 6.07) is 36.5. The Morgan fingerprint density at radius 1 is 0.719 bits per heavy atom. The maximum absolute atomic E-state index is 4.92. The summed E-state index contributed by atoms with van der Waals surface area (Å²) in [5.41, 5.74) is 9.09. The molecular weight excluding hydrogens is 394 g/mol. The highest BCUT2D eigenvalue weighted by Crippen LogP contribution is 2.28. The molecule has 0 fully saturated rings. The third-order valence-electron chi connectivity index (χ3n) is 5.04. The highest BCUT2D eigenvalue weighted by molar-refractivity contribution is 5.80. The minimum Gasteiger partial charge on any atom is -0.261 e. The SMILES string of the molecule is C(=N\Nc1ccccn1)/c1ccc(-n2nc(-c3ccccc3)cc2-c2ccccc2)cc1. The molecule has 2 heterocycles. The smallest absolute Gasteiger partial charge is 0.146 e. The number of rotatable bonds is 6. The average Bonchev–Trinajstić information content (AvgIpc) is 3.32. The first-order valence-corrected chi connectivity index (χ1v) is 10.4. The van der Waals surface area contributed by atoms with E-state index in [4.69, 9.17) is 5.10 Å². The summed E-state index contributed by atoms with van der Waals surface area (Å²) in [6.45, 7) is 0. The van der Waals surface area contributed by atoms with Crippen molar-refractivity contribution in [3.05, 3.63) is 121 Å². The van der Waals surface area contributed by atoms with Gasteiger partial charge in [0.1, 0.15) is 5.82 Å². The molecule has 5 heteroatoms. The van der Waals surface area contributed by atoms with Crippen molar-refractivity contribution < 1.29 is 0 Å². The molecule has 0 atom stereocenters. The van der Waals surface area contributed by atoms with Gasteiger partial charge in [0.25, 0.3) is 0 Å². The van der Waals surface area contributed by atoms with Gasteiger partial charge in [-0.05, 0) is 35.9 Å². The van der Waals surface area contributed by atoms with Crippen molar-refractivity contribution in [1.82, 2.24) is 14.8 Å². The standard InChI is InChI=1S/C27H21N5/c1-3-9-22(10-4-1)25-19-26(23-11-5-2-6-12-23)32(31-25)24-16-14-21(15-17-24)20-29-30-27-13-7-8-18-28-27/h1-20H,(H,28,30)/b29-20+. The van der Waals surface area contributed by atoms with Crippen LogP contribution in [0.15, 0.2) is 120 Å². The lowest BCUT2D eigenvalue weighted by Crippen LogP contribution is -2.00. The monoisotopic (exact) mass is 415 g/mol. The predicted octanol–water partition coefficient (Wildman–Crippen LogP) is 6.05. The molecule has 0 spiro atoms. The van der Waals surface area contributed by atoms with E-state index in [1.807, 2.05) is 71.4 Å². The molecule has 0 bridgehead atoms. The Morgan fingerprint density at radius 3 is 2.09 bits per heavy atom. The molecule has 5 rings (SSSR count). The van der Waals surface area contributed by atoms with E-state index in [2.05, 4.69) is 58.0 Å². The van der Waals surface area contributed by atoms with Gasteiger partial charge in [0.2, 0.25) is 0 Å². The first-order valence-electron chi connectivity index (χ1n) is 10.4. The lowest BCUT2D eigenvalue weighted by atomic mass is 10.1. The number of hydrogen-bond acceptors (Lipinski definition) is 4. The second-order valence-corrected chi connectivity index (χ2v) is 7.24. The van der Waals surface area contributed by atoms with Gasteiger partial charge in [-0.1, -0.05) is 78.9 Å². The van der Waals surface area contributed by atoms with Crippen LogP contribution in [-0.4, -0.2) is 21.0 Å². The Morgan fingerprint density at radius 2 is 1.41 bits per heavy atom. The van der Waals surface area contributed by atoms with Crippen LogP contribution in [0.1, 0.15) is 5.56 Å². The van der Waals surface area contributed by atoms with E-state index in [-0.39, 0.29) is 0 Å². The number of pyridine rings is 1. The number of nitrogens with one attached hydrogen (secondary N) is 1. The van der Waals surface area contributed by atoms with Crippen molar-refractivity contribution in [3.8, 4) is 28.2 Å². The van der Waals surface area contributed by atoms with E-state index in [1.165, 1.54) is 0 Å². The molecular formula is C27H21N5. The number of benzene rings is 3. The van der Waals surface area contributed by atoms with Crippen LogP contribution in [0.3, 0.4) is 0 Å². The van der Waals surface area contributed by atoms with E-state index >= 15 is 0 Å². The number of hydrogen-bond donors (Lipinski definition) is 1. The van der Waals surface area contributed by atoms with Crippen LogP contribution in [0.2, 0.25) is 0 Å². The minimum atomic E-state index is 0.706. The summed E-state index contributed by atoms with van der Waals surface area (Å²) < 4.78 is 1.99. The molecule has 0 aliphatic carbocycles. The van der Waals surface area contributed by atoms with Crippen LogP contribution in [0, 0.1) is 0 Å². The van der Waals surface area contributed by atoms with Crippen LogP contribution in [0.5, 0.6) is 0 Å². The van der Waals surface area contributed by atoms with E-state index in [1.54, 1.807) is 12.4 Å². The highest BCUT2D eigenvalue weighted by Gasteiger charge is 2.12. The highest BCUT2D eigenvalue weighted by atomic mass is 15.3. The third-order valence-corrected chi connectivity index (χ3v) is 5.04. The van der Waals surface area contributed by atoms with Gasteiger partial charge in [-0.3, -0.25) is 5.43 Å². The lowest BCUT2D eigenvalue weighted by molar-refractivity contribution is 0.892. The topological polar surface area (TPSA) is 55.1 Å². The zero-order valence-electron chi connectivity index (χ0n) is 17.3. The lowest BCUT2D eigenvalue weighted by Gasteiger charge is -2.08. The Hall–Kier alpha value is -4.51. The quantitative estimate of drug-likeness (QED) is 0.271. The molecule has 0 unspecified atom stereocenters. The Bertz CT molecular complexity index is 1310. The molecule has 0 aliphatic rings. The van der Waals surface area contributed by atoms with Crippen LogP contribution in [0.25, 0.3) is 28.2 Å². The molecule has 5 aromatic rings. The molecule has 3 aromatic carbocycles. The number of nitrogens with zero attached hydrogens (tertiary/aromatic N) is 4. The Balaban J connectivity index is 1.45. The van der Waals surface area contributed by atoms with Crippen LogP contribution in [0.4, 0.5) is 5.82 Å².